The van der Waals surface area contributed by atoms with E-state index in [0.29, 0.717) is 5.69 Å². The van der Waals surface area contributed by atoms with Crippen molar-refractivity contribution in [3.63, 3.8) is 0 Å². The van der Waals surface area contributed by atoms with Crippen molar-refractivity contribution in [2.24, 2.45) is 0 Å². The summed E-state index contributed by atoms with van der Waals surface area (Å²) in [4.78, 5) is 21.9. The van der Waals surface area contributed by atoms with Gasteiger partial charge in [-0.25, -0.2) is 4.79 Å². The molecule has 1 amide bonds. The quantitative estimate of drug-likeness (QED) is 0.817. The van der Waals surface area contributed by atoms with Crippen LogP contribution in [0.2, 0.25) is 0 Å². The monoisotopic (exact) mass is 223 g/mol. The number of nitrogens with one attached hydrogen (secondary N) is 1. The molecule has 0 saturated heterocycles. The zero-order valence-corrected chi connectivity index (χ0v) is 9.33. The predicted molar refractivity (Wildman–Crippen MR) is 59.0 cm³/mol. The second-order valence-corrected chi connectivity index (χ2v) is 3.32. The molecule has 0 fully saturated rings. The largest absolute Gasteiger partial charge is 0.494 e. The lowest BCUT2D eigenvalue weighted by atomic mass is 10.1. The fraction of sp³-hybridized carbons (Fsp3) is 0.273. The Hall–Kier alpha value is -2.04. The molecule has 1 rings (SSSR count). The maximum absolute atomic E-state index is 11.0. The summed E-state index contributed by atoms with van der Waals surface area (Å²) < 4.78 is 5.02. The lowest BCUT2D eigenvalue weighted by Crippen LogP contribution is -2.11. The van der Waals surface area contributed by atoms with E-state index >= 15 is 0 Å². The van der Waals surface area contributed by atoms with Gasteiger partial charge in [0, 0.05) is 6.92 Å². The Morgan fingerprint density at radius 2 is 2.00 bits per heavy atom. The molecule has 16 heavy (non-hydrogen) atoms. The highest BCUT2D eigenvalue weighted by Gasteiger charge is 2.17. The molecule has 1 aromatic rings. The smallest absolute Gasteiger partial charge is 0.339 e. The van der Waals surface area contributed by atoms with E-state index in [1.165, 1.54) is 20.1 Å². The van der Waals surface area contributed by atoms with Gasteiger partial charge in [0.05, 0.1) is 12.8 Å². The molecule has 0 atom stereocenters. The second kappa shape index (κ2) is 4.65. The summed E-state index contributed by atoms with van der Waals surface area (Å²) in [7, 11) is 1.37. The standard InChI is InChI=1S/C11H13NO4/c1-6-4-5-8(11(14)15)10(16-3)9(6)12-7(2)13/h4-5H,1-3H3,(H,12,13)(H,14,15). The van der Waals surface area contributed by atoms with Gasteiger partial charge in [-0.05, 0) is 18.6 Å². The van der Waals surface area contributed by atoms with Crippen molar-refractivity contribution in [1.29, 1.82) is 0 Å². The molecule has 86 valence electrons. The van der Waals surface area contributed by atoms with Crippen molar-refractivity contribution in [3.8, 4) is 5.75 Å². The highest BCUT2D eigenvalue weighted by molar-refractivity contribution is 5.98. The molecule has 1 aromatic carbocycles. The summed E-state index contributed by atoms with van der Waals surface area (Å²) in [5.41, 5.74) is 1.17. The molecule has 0 heterocycles. The molecular weight excluding hydrogens is 210 g/mol. The van der Waals surface area contributed by atoms with Crippen LogP contribution in [0, 0.1) is 6.92 Å². The molecule has 0 aromatic heterocycles. The van der Waals surface area contributed by atoms with Gasteiger partial charge in [-0.2, -0.15) is 0 Å². The molecule has 0 spiro atoms. The van der Waals surface area contributed by atoms with Crippen LogP contribution < -0.4 is 10.1 Å². The second-order valence-electron chi connectivity index (χ2n) is 3.32. The maximum atomic E-state index is 11.0. The van der Waals surface area contributed by atoms with E-state index in [2.05, 4.69) is 5.32 Å². The summed E-state index contributed by atoms with van der Waals surface area (Å²) in [5, 5.41) is 11.5. The van der Waals surface area contributed by atoms with Crippen LogP contribution in [0.4, 0.5) is 5.69 Å². The van der Waals surface area contributed by atoms with E-state index in [9.17, 15) is 9.59 Å². The number of aromatic carboxylic acids is 1. The number of ether oxygens (including phenoxy) is 1. The van der Waals surface area contributed by atoms with Gasteiger partial charge in [0.15, 0.2) is 5.75 Å². The van der Waals surface area contributed by atoms with Gasteiger partial charge in [0.1, 0.15) is 5.56 Å². The van der Waals surface area contributed by atoms with Gasteiger partial charge in [-0.1, -0.05) is 6.07 Å². The number of carboxylic acids is 1. The third-order valence-electron chi connectivity index (χ3n) is 2.10. The summed E-state index contributed by atoms with van der Waals surface area (Å²) in [6, 6.07) is 3.07. The first kappa shape index (κ1) is 12.0. The van der Waals surface area contributed by atoms with E-state index < -0.39 is 5.97 Å². The van der Waals surface area contributed by atoms with Crippen LogP contribution >= 0.6 is 0 Å². The number of benzene rings is 1. The SMILES string of the molecule is COc1c(C(=O)O)ccc(C)c1NC(C)=O. The first-order valence-corrected chi connectivity index (χ1v) is 4.65. The van der Waals surface area contributed by atoms with E-state index in [-0.39, 0.29) is 17.2 Å². The summed E-state index contributed by atoms with van der Waals surface area (Å²) in [6.45, 7) is 3.12. The minimum absolute atomic E-state index is 0.0249. The maximum Gasteiger partial charge on any atom is 0.339 e. The molecule has 0 aliphatic carbocycles. The normalized spacial score (nSPS) is 9.69. The van der Waals surface area contributed by atoms with Crippen LogP contribution in [0.15, 0.2) is 12.1 Å². The fourth-order valence-corrected chi connectivity index (χ4v) is 1.39. The lowest BCUT2D eigenvalue weighted by molar-refractivity contribution is -0.114. The van der Waals surface area contributed by atoms with Crippen molar-refractivity contribution < 1.29 is 19.4 Å². The number of amides is 1. The van der Waals surface area contributed by atoms with Crippen LogP contribution in [0.25, 0.3) is 0 Å². The minimum atomic E-state index is -1.09. The highest BCUT2D eigenvalue weighted by atomic mass is 16.5. The van der Waals surface area contributed by atoms with Crippen LogP contribution in [-0.2, 0) is 4.79 Å². The molecule has 0 unspecified atom stereocenters. The van der Waals surface area contributed by atoms with E-state index in [4.69, 9.17) is 9.84 Å². The Morgan fingerprint density at radius 1 is 1.38 bits per heavy atom. The number of anilines is 1. The predicted octanol–water partition coefficient (Wildman–Crippen LogP) is 1.66. The zero-order chi connectivity index (χ0) is 12.3. The molecular formula is C11H13NO4. The minimum Gasteiger partial charge on any atom is -0.494 e. The molecule has 5 heteroatoms. The molecule has 0 aliphatic heterocycles. The molecule has 0 radical (unpaired) electrons. The number of carboxylic acid groups (broad SMARTS) is 1. The van der Waals surface area contributed by atoms with Crippen LogP contribution in [0.1, 0.15) is 22.8 Å². The summed E-state index contributed by atoms with van der Waals surface area (Å²) in [5.74, 6) is -1.20. The van der Waals surface area contributed by atoms with Gasteiger partial charge >= 0.3 is 5.97 Å². The number of hydrogen-bond donors (Lipinski definition) is 2. The third kappa shape index (κ3) is 2.31. The van der Waals surface area contributed by atoms with Gasteiger partial charge < -0.3 is 15.2 Å². The Morgan fingerprint density at radius 3 is 2.44 bits per heavy atom. The fourth-order valence-electron chi connectivity index (χ4n) is 1.39. The van der Waals surface area contributed by atoms with Gasteiger partial charge in [0.25, 0.3) is 0 Å². The number of carbonyl (C=O) groups is 2. The van der Waals surface area contributed by atoms with Crippen molar-refractivity contribution in [2.75, 3.05) is 12.4 Å². The van der Waals surface area contributed by atoms with Crippen LogP contribution in [0.3, 0.4) is 0 Å². The Bertz CT molecular complexity index is 440. The molecule has 2 N–H and O–H groups in total. The Balaban J connectivity index is 3.37. The number of rotatable bonds is 3. The van der Waals surface area contributed by atoms with Crippen molar-refractivity contribution in [1.82, 2.24) is 0 Å². The van der Waals surface area contributed by atoms with E-state index in [0.717, 1.165) is 5.56 Å². The van der Waals surface area contributed by atoms with E-state index in [1.807, 2.05) is 0 Å². The average molecular weight is 223 g/mol. The highest BCUT2D eigenvalue weighted by Crippen LogP contribution is 2.32. The van der Waals surface area contributed by atoms with Gasteiger partial charge in [-0.3, -0.25) is 4.79 Å². The number of carbonyl (C=O) groups excluding carboxylic acids is 1. The van der Waals surface area contributed by atoms with Gasteiger partial charge in [0.2, 0.25) is 5.91 Å². The van der Waals surface area contributed by atoms with Crippen LogP contribution in [-0.4, -0.2) is 24.1 Å². The first-order valence-electron chi connectivity index (χ1n) is 4.65. The van der Waals surface area contributed by atoms with Crippen molar-refractivity contribution in [2.45, 2.75) is 13.8 Å². The number of aryl methyl sites for hydroxylation is 1. The molecule has 0 saturated carbocycles. The number of methoxy groups -OCH3 is 1. The van der Waals surface area contributed by atoms with Gasteiger partial charge in [-0.15, -0.1) is 0 Å². The van der Waals surface area contributed by atoms with Crippen LogP contribution in [0.5, 0.6) is 5.75 Å². The zero-order valence-electron chi connectivity index (χ0n) is 9.33. The third-order valence-corrected chi connectivity index (χ3v) is 2.10. The Kier molecular flexibility index (Phi) is 3.50. The summed E-state index contributed by atoms with van der Waals surface area (Å²) in [6.07, 6.45) is 0. The molecule has 0 bridgehead atoms. The Labute approximate surface area is 93.0 Å². The average Bonchev–Trinajstić information content (AvgIpc) is 2.19. The van der Waals surface area contributed by atoms with E-state index in [1.54, 1.807) is 13.0 Å². The lowest BCUT2D eigenvalue weighted by Gasteiger charge is -2.14. The van der Waals surface area contributed by atoms with Crippen molar-refractivity contribution in [3.05, 3.63) is 23.3 Å². The first-order chi connectivity index (χ1) is 7.47. The molecule has 0 aliphatic rings. The van der Waals surface area contributed by atoms with Crippen molar-refractivity contribution >= 4 is 17.6 Å². The number of hydrogen-bond acceptors (Lipinski definition) is 3. The topological polar surface area (TPSA) is 75.6 Å². The summed E-state index contributed by atoms with van der Waals surface area (Å²) >= 11 is 0. The molecule has 5 nitrogen and oxygen atoms in total.